The lowest BCUT2D eigenvalue weighted by molar-refractivity contribution is -0.124. The fraction of sp³-hybridized carbons (Fsp3) is 0.500. The molecular formula is C6H7NOS. The molecule has 0 N–H and O–H groups in total. The number of carbonyl (C=O) groups is 1. The van der Waals surface area contributed by atoms with Crippen LogP contribution >= 0.6 is 11.9 Å². The molecule has 1 aliphatic heterocycles. The Morgan fingerprint density at radius 2 is 2.67 bits per heavy atom. The van der Waals surface area contributed by atoms with Gasteiger partial charge in [-0.25, -0.2) is 0 Å². The van der Waals surface area contributed by atoms with Crippen LogP contribution in [-0.4, -0.2) is 22.5 Å². The standard InChI is InChI=1S/C6H7NOS/c1-2-4-7-6(8)3-5-9-7/h1H,3-5H2. The van der Waals surface area contributed by atoms with E-state index in [1.165, 1.54) is 11.9 Å². The van der Waals surface area contributed by atoms with Crippen molar-refractivity contribution in [1.82, 2.24) is 4.31 Å². The van der Waals surface area contributed by atoms with Crippen molar-refractivity contribution in [2.45, 2.75) is 6.42 Å². The maximum atomic E-state index is 10.8. The van der Waals surface area contributed by atoms with E-state index in [9.17, 15) is 4.79 Å². The molecule has 9 heavy (non-hydrogen) atoms. The fourth-order valence-electron chi connectivity index (χ4n) is 0.657. The molecule has 1 saturated heterocycles. The molecule has 48 valence electrons. The van der Waals surface area contributed by atoms with E-state index in [4.69, 9.17) is 6.42 Å². The molecule has 0 aromatic rings. The highest BCUT2D eigenvalue weighted by molar-refractivity contribution is 7.97. The summed E-state index contributed by atoms with van der Waals surface area (Å²) in [7, 11) is 0. The van der Waals surface area contributed by atoms with Gasteiger partial charge in [-0.3, -0.25) is 9.10 Å². The summed E-state index contributed by atoms with van der Waals surface area (Å²) in [6.07, 6.45) is 5.66. The van der Waals surface area contributed by atoms with E-state index in [1.54, 1.807) is 4.31 Å². The van der Waals surface area contributed by atoms with E-state index < -0.39 is 0 Å². The van der Waals surface area contributed by atoms with Gasteiger partial charge in [0.1, 0.15) is 0 Å². The molecule has 3 heteroatoms. The predicted molar refractivity (Wildman–Crippen MR) is 37.6 cm³/mol. The van der Waals surface area contributed by atoms with Gasteiger partial charge < -0.3 is 0 Å². The van der Waals surface area contributed by atoms with Gasteiger partial charge in [-0.1, -0.05) is 5.92 Å². The molecule has 0 bridgehead atoms. The summed E-state index contributed by atoms with van der Waals surface area (Å²) in [5.74, 6) is 3.48. The highest BCUT2D eigenvalue weighted by atomic mass is 32.2. The van der Waals surface area contributed by atoms with Gasteiger partial charge in [0.15, 0.2) is 0 Å². The molecule has 2 nitrogen and oxygen atoms in total. The third kappa shape index (κ3) is 1.39. The number of rotatable bonds is 1. The lowest BCUT2D eigenvalue weighted by Crippen LogP contribution is -2.17. The number of nitrogens with zero attached hydrogens (tertiary/aromatic N) is 1. The number of carbonyl (C=O) groups excluding carboxylic acids is 1. The minimum Gasteiger partial charge on any atom is -0.274 e. The lowest BCUT2D eigenvalue weighted by Gasteiger charge is -2.07. The second-order valence-corrected chi connectivity index (χ2v) is 2.82. The van der Waals surface area contributed by atoms with Crippen molar-refractivity contribution in [2.75, 3.05) is 12.3 Å². The molecule has 1 aliphatic rings. The van der Waals surface area contributed by atoms with Crippen molar-refractivity contribution in [2.24, 2.45) is 0 Å². The van der Waals surface area contributed by atoms with Crippen LogP contribution < -0.4 is 0 Å². The third-order valence-electron chi connectivity index (χ3n) is 1.08. The summed E-state index contributed by atoms with van der Waals surface area (Å²) in [6, 6.07) is 0. The molecule has 0 unspecified atom stereocenters. The number of hydrogen-bond acceptors (Lipinski definition) is 2. The minimum atomic E-state index is 0.165. The van der Waals surface area contributed by atoms with Crippen molar-refractivity contribution in [3.63, 3.8) is 0 Å². The van der Waals surface area contributed by atoms with Crippen LogP contribution in [0.2, 0.25) is 0 Å². The average Bonchev–Trinajstić information content (AvgIpc) is 2.18. The number of hydrogen-bond donors (Lipinski definition) is 0. The molecule has 1 heterocycles. The Morgan fingerprint density at radius 3 is 3.11 bits per heavy atom. The number of terminal acetylenes is 1. The number of amides is 1. The van der Waals surface area contributed by atoms with E-state index in [-0.39, 0.29) is 5.91 Å². The highest BCUT2D eigenvalue weighted by Crippen LogP contribution is 2.19. The average molecular weight is 141 g/mol. The quantitative estimate of drug-likeness (QED) is 0.391. The van der Waals surface area contributed by atoms with Crippen molar-refractivity contribution in [3.05, 3.63) is 0 Å². The Hall–Kier alpha value is -0.620. The van der Waals surface area contributed by atoms with Gasteiger partial charge in [0.2, 0.25) is 5.91 Å². The first-order valence-electron chi connectivity index (χ1n) is 2.71. The molecule has 0 spiro atoms. The van der Waals surface area contributed by atoms with Gasteiger partial charge in [0, 0.05) is 12.2 Å². The normalized spacial score (nSPS) is 18.1. The van der Waals surface area contributed by atoms with E-state index in [0.29, 0.717) is 13.0 Å². The first kappa shape index (κ1) is 6.50. The molecule has 0 aliphatic carbocycles. The molecule has 1 amide bonds. The Morgan fingerprint density at radius 1 is 1.89 bits per heavy atom. The maximum absolute atomic E-state index is 10.8. The zero-order chi connectivity index (χ0) is 6.69. The van der Waals surface area contributed by atoms with Crippen LogP contribution in [0, 0.1) is 12.3 Å². The molecule has 0 atom stereocenters. The Labute approximate surface area is 58.7 Å². The Bertz CT molecular complexity index is 161. The molecule has 1 rings (SSSR count). The van der Waals surface area contributed by atoms with Crippen LogP contribution in [0.25, 0.3) is 0 Å². The van der Waals surface area contributed by atoms with Crippen molar-refractivity contribution in [3.8, 4) is 12.3 Å². The van der Waals surface area contributed by atoms with E-state index >= 15 is 0 Å². The smallest absolute Gasteiger partial charge is 0.234 e. The second-order valence-electron chi connectivity index (χ2n) is 1.72. The first-order valence-corrected chi connectivity index (χ1v) is 3.65. The topological polar surface area (TPSA) is 20.3 Å². The SMILES string of the molecule is C#CCN1SCCC1=O. The van der Waals surface area contributed by atoms with Gasteiger partial charge >= 0.3 is 0 Å². The molecule has 0 aromatic carbocycles. The van der Waals surface area contributed by atoms with Gasteiger partial charge in [-0.2, -0.15) is 0 Å². The van der Waals surface area contributed by atoms with Crippen LogP contribution in [0.15, 0.2) is 0 Å². The maximum Gasteiger partial charge on any atom is 0.234 e. The molecule has 0 saturated carbocycles. The van der Waals surface area contributed by atoms with Crippen molar-refractivity contribution in [1.29, 1.82) is 0 Å². The van der Waals surface area contributed by atoms with Crippen LogP contribution in [0.1, 0.15) is 6.42 Å². The summed E-state index contributed by atoms with van der Waals surface area (Å²) < 4.78 is 1.62. The first-order chi connectivity index (χ1) is 4.34. The van der Waals surface area contributed by atoms with Gasteiger partial charge in [-0.15, -0.1) is 6.42 Å². The summed E-state index contributed by atoms with van der Waals surface area (Å²) >= 11 is 1.52. The second kappa shape index (κ2) is 2.79. The van der Waals surface area contributed by atoms with Crippen molar-refractivity contribution < 1.29 is 4.79 Å². The lowest BCUT2D eigenvalue weighted by atomic mass is 10.4. The Kier molecular flexibility index (Phi) is 2.01. The van der Waals surface area contributed by atoms with Gasteiger partial charge in [-0.05, 0) is 11.9 Å². The summed E-state index contributed by atoms with van der Waals surface area (Å²) in [6.45, 7) is 0.448. The zero-order valence-corrected chi connectivity index (χ0v) is 5.78. The summed E-state index contributed by atoms with van der Waals surface area (Å²) in [5.41, 5.74) is 0. The molecule has 0 aromatic heterocycles. The molecular weight excluding hydrogens is 134 g/mol. The fourth-order valence-corrected chi connectivity index (χ4v) is 1.54. The van der Waals surface area contributed by atoms with Crippen LogP contribution in [0.3, 0.4) is 0 Å². The minimum absolute atomic E-state index is 0.165. The van der Waals surface area contributed by atoms with Gasteiger partial charge in [0.25, 0.3) is 0 Å². The zero-order valence-electron chi connectivity index (χ0n) is 4.96. The van der Waals surface area contributed by atoms with Crippen molar-refractivity contribution >= 4 is 17.9 Å². The van der Waals surface area contributed by atoms with Crippen LogP contribution in [0.5, 0.6) is 0 Å². The van der Waals surface area contributed by atoms with E-state index in [0.717, 1.165) is 5.75 Å². The monoisotopic (exact) mass is 141 g/mol. The third-order valence-corrected chi connectivity index (χ3v) is 2.11. The predicted octanol–water partition coefficient (Wildman–Crippen LogP) is 0.500. The molecule has 0 radical (unpaired) electrons. The Balaban J connectivity index is 2.42. The summed E-state index contributed by atoms with van der Waals surface area (Å²) in [4.78, 5) is 10.8. The van der Waals surface area contributed by atoms with E-state index in [1.807, 2.05) is 0 Å². The van der Waals surface area contributed by atoms with Crippen LogP contribution in [-0.2, 0) is 4.79 Å². The highest BCUT2D eigenvalue weighted by Gasteiger charge is 2.19. The van der Waals surface area contributed by atoms with Crippen LogP contribution in [0.4, 0.5) is 0 Å². The molecule has 1 fully saturated rings. The van der Waals surface area contributed by atoms with Gasteiger partial charge in [0.05, 0.1) is 6.54 Å². The summed E-state index contributed by atoms with van der Waals surface area (Å²) in [5, 5.41) is 0. The van der Waals surface area contributed by atoms with E-state index in [2.05, 4.69) is 5.92 Å². The largest absolute Gasteiger partial charge is 0.274 e.